The average molecular weight is 252 g/mol. The maximum Gasteiger partial charge on any atom is 0.128 e. The molecule has 0 bridgehead atoms. The Kier molecular flexibility index (Phi) is 3.11. The molecule has 0 saturated carbocycles. The smallest absolute Gasteiger partial charge is 0.128 e. The summed E-state index contributed by atoms with van der Waals surface area (Å²) in [5.74, 6) is -0.191. The first-order valence-corrected chi connectivity index (χ1v) is 6.15. The van der Waals surface area contributed by atoms with Gasteiger partial charge in [0.15, 0.2) is 0 Å². The fourth-order valence-electron chi connectivity index (χ4n) is 2.01. The number of nitrogens with one attached hydrogen (secondary N) is 1. The molecule has 0 spiro atoms. The van der Waals surface area contributed by atoms with Crippen LogP contribution in [0.25, 0.3) is 10.9 Å². The summed E-state index contributed by atoms with van der Waals surface area (Å²) in [5, 5.41) is 4.26. The lowest BCUT2D eigenvalue weighted by molar-refractivity contribution is 0.613. The van der Waals surface area contributed by atoms with Crippen LogP contribution in [-0.4, -0.2) is 4.98 Å². The summed E-state index contributed by atoms with van der Waals surface area (Å²) >= 11 is 0. The Labute approximate surface area is 110 Å². The summed E-state index contributed by atoms with van der Waals surface area (Å²) in [6.45, 7) is 0.451. The van der Waals surface area contributed by atoms with E-state index in [0.29, 0.717) is 12.1 Å². The van der Waals surface area contributed by atoms with Gasteiger partial charge in [-0.3, -0.25) is 4.98 Å². The highest BCUT2D eigenvalue weighted by atomic mass is 19.1. The minimum Gasteiger partial charge on any atom is -0.380 e. The Morgan fingerprint density at radius 2 is 1.79 bits per heavy atom. The van der Waals surface area contributed by atoms with Gasteiger partial charge in [0.2, 0.25) is 0 Å². The van der Waals surface area contributed by atoms with E-state index in [0.717, 1.165) is 16.6 Å². The van der Waals surface area contributed by atoms with Crippen LogP contribution >= 0.6 is 0 Å². The van der Waals surface area contributed by atoms with E-state index in [1.54, 1.807) is 18.3 Å². The summed E-state index contributed by atoms with van der Waals surface area (Å²) in [6, 6.07) is 16.7. The van der Waals surface area contributed by atoms with E-state index in [2.05, 4.69) is 10.3 Å². The molecule has 2 aromatic carbocycles. The fourth-order valence-corrected chi connectivity index (χ4v) is 2.01. The third-order valence-corrected chi connectivity index (χ3v) is 3.03. The molecule has 1 N–H and O–H groups in total. The molecule has 0 amide bonds. The van der Waals surface area contributed by atoms with Gasteiger partial charge < -0.3 is 5.32 Å². The van der Waals surface area contributed by atoms with Gasteiger partial charge in [0, 0.05) is 17.5 Å². The summed E-state index contributed by atoms with van der Waals surface area (Å²) in [5.41, 5.74) is 2.50. The molecule has 0 saturated heterocycles. The second kappa shape index (κ2) is 5.06. The van der Waals surface area contributed by atoms with Gasteiger partial charge in [0.25, 0.3) is 0 Å². The Bertz CT molecular complexity index is 710. The third-order valence-electron chi connectivity index (χ3n) is 3.03. The Balaban J connectivity index is 1.80. The molecule has 2 nitrogen and oxygen atoms in total. The number of aromatic nitrogens is 1. The number of rotatable bonds is 3. The molecule has 3 rings (SSSR count). The van der Waals surface area contributed by atoms with Crippen LogP contribution < -0.4 is 5.32 Å². The van der Waals surface area contributed by atoms with Crippen molar-refractivity contribution in [2.45, 2.75) is 6.54 Å². The van der Waals surface area contributed by atoms with E-state index in [9.17, 15) is 4.39 Å². The van der Waals surface area contributed by atoms with Crippen molar-refractivity contribution in [1.82, 2.24) is 4.98 Å². The largest absolute Gasteiger partial charge is 0.380 e. The third kappa shape index (κ3) is 2.55. The summed E-state index contributed by atoms with van der Waals surface area (Å²) in [6.07, 6.45) is 1.77. The summed E-state index contributed by atoms with van der Waals surface area (Å²) in [7, 11) is 0. The number of pyridine rings is 1. The monoisotopic (exact) mass is 252 g/mol. The SMILES string of the molecule is Fc1ccccc1CNc1cnc2ccccc2c1. The molecule has 1 aromatic heterocycles. The first-order valence-electron chi connectivity index (χ1n) is 6.15. The number of hydrogen-bond acceptors (Lipinski definition) is 2. The van der Waals surface area contributed by atoms with Crippen LogP contribution in [0.1, 0.15) is 5.56 Å². The van der Waals surface area contributed by atoms with Gasteiger partial charge in [0.1, 0.15) is 5.82 Å². The lowest BCUT2D eigenvalue weighted by Crippen LogP contribution is -2.01. The number of benzene rings is 2. The number of nitrogens with zero attached hydrogens (tertiary/aromatic N) is 1. The van der Waals surface area contributed by atoms with E-state index < -0.39 is 0 Å². The highest BCUT2D eigenvalue weighted by Crippen LogP contribution is 2.17. The second-order valence-corrected chi connectivity index (χ2v) is 4.36. The van der Waals surface area contributed by atoms with Crippen molar-refractivity contribution in [2.75, 3.05) is 5.32 Å². The lowest BCUT2D eigenvalue weighted by atomic mass is 10.2. The van der Waals surface area contributed by atoms with E-state index in [-0.39, 0.29) is 5.82 Å². The quantitative estimate of drug-likeness (QED) is 0.762. The summed E-state index contributed by atoms with van der Waals surface area (Å²) < 4.78 is 13.5. The van der Waals surface area contributed by atoms with E-state index in [1.807, 2.05) is 36.4 Å². The molecular formula is C16H13FN2. The van der Waals surface area contributed by atoms with Gasteiger partial charge in [-0.25, -0.2) is 4.39 Å². The molecule has 3 heteroatoms. The molecule has 19 heavy (non-hydrogen) atoms. The molecule has 0 aliphatic heterocycles. The minimum absolute atomic E-state index is 0.191. The highest BCUT2D eigenvalue weighted by molar-refractivity contribution is 5.81. The molecule has 0 atom stereocenters. The zero-order valence-corrected chi connectivity index (χ0v) is 10.3. The van der Waals surface area contributed by atoms with Gasteiger partial charge in [-0.05, 0) is 18.2 Å². The van der Waals surface area contributed by atoms with Crippen LogP contribution in [0.4, 0.5) is 10.1 Å². The molecular weight excluding hydrogens is 239 g/mol. The van der Waals surface area contributed by atoms with Gasteiger partial charge >= 0.3 is 0 Å². The Hall–Kier alpha value is -2.42. The maximum atomic E-state index is 13.5. The molecule has 0 unspecified atom stereocenters. The standard InChI is InChI=1S/C16H13FN2/c17-15-7-3-1-6-13(15)10-18-14-9-12-5-2-4-8-16(12)19-11-14/h1-9,11,18H,10H2. The fraction of sp³-hybridized carbons (Fsp3) is 0.0625. The topological polar surface area (TPSA) is 24.9 Å². The van der Waals surface area contributed by atoms with Crippen molar-refractivity contribution in [3.05, 3.63) is 72.2 Å². The van der Waals surface area contributed by atoms with Crippen molar-refractivity contribution in [2.24, 2.45) is 0 Å². The predicted octanol–water partition coefficient (Wildman–Crippen LogP) is 3.99. The zero-order valence-electron chi connectivity index (χ0n) is 10.3. The summed E-state index contributed by atoms with van der Waals surface area (Å²) in [4.78, 5) is 4.36. The van der Waals surface area contributed by atoms with Crippen molar-refractivity contribution in [3.8, 4) is 0 Å². The van der Waals surface area contributed by atoms with Crippen molar-refractivity contribution >= 4 is 16.6 Å². The number of anilines is 1. The molecule has 0 aliphatic rings. The van der Waals surface area contributed by atoms with Crippen molar-refractivity contribution in [3.63, 3.8) is 0 Å². The molecule has 1 heterocycles. The van der Waals surface area contributed by atoms with Gasteiger partial charge in [-0.1, -0.05) is 36.4 Å². The first kappa shape index (κ1) is 11.7. The van der Waals surface area contributed by atoms with Crippen LogP contribution in [0.2, 0.25) is 0 Å². The number of hydrogen-bond donors (Lipinski definition) is 1. The first-order chi connectivity index (χ1) is 9.33. The van der Waals surface area contributed by atoms with Crippen molar-refractivity contribution in [1.29, 1.82) is 0 Å². The zero-order chi connectivity index (χ0) is 13.1. The Morgan fingerprint density at radius 3 is 2.68 bits per heavy atom. The van der Waals surface area contributed by atoms with E-state index in [1.165, 1.54) is 6.07 Å². The molecule has 3 aromatic rings. The average Bonchev–Trinajstić information content (AvgIpc) is 2.46. The molecule has 0 fully saturated rings. The maximum absolute atomic E-state index is 13.5. The lowest BCUT2D eigenvalue weighted by Gasteiger charge is -2.08. The van der Waals surface area contributed by atoms with Gasteiger partial charge in [-0.2, -0.15) is 0 Å². The van der Waals surface area contributed by atoms with Gasteiger partial charge in [0.05, 0.1) is 17.4 Å². The number of para-hydroxylation sites is 1. The Morgan fingerprint density at radius 1 is 1.00 bits per heavy atom. The van der Waals surface area contributed by atoms with E-state index in [4.69, 9.17) is 0 Å². The van der Waals surface area contributed by atoms with Crippen LogP contribution in [0, 0.1) is 5.82 Å². The van der Waals surface area contributed by atoms with E-state index >= 15 is 0 Å². The van der Waals surface area contributed by atoms with Crippen LogP contribution in [0.5, 0.6) is 0 Å². The predicted molar refractivity (Wildman–Crippen MR) is 75.5 cm³/mol. The molecule has 94 valence electrons. The molecule has 0 aliphatic carbocycles. The highest BCUT2D eigenvalue weighted by Gasteiger charge is 2.01. The second-order valence-electron chi connectivity index (χ2n) is 4.36. The number of fused-ring (bicyclic) bond motifs is 1. The molecule has 0 radical (unpaired) electrons. The van der Waals surface area contributed by atoms with Crippen LogP contribution in [0.3, 0.4) is 0 Å². The van der Waals surface area contributed by atoms with Crippen LogP contribution in [0.15, 0.2) is 60.8 Å². The minimum atomic E-state index is -0.191. The number of halogens is 1. The van der Waals surface area contributed by atoms with Gasteiger partial charge in [-0.15, -0.1) is 0 Å². The van der Waals surface area contributed by atoms with Crippen molar-refractivity contribution < 1.29 is 4.39 Å². The normalized spacial score (nSPS) is 10.6. The van der Waals surface area contributed by atoms with Crippen LogP contribution in [-0.2, 0) is 6.54 Å².